The van der Waals surface area contributed by atoms with E-state index in [1.165, 1.54) is 11.3 Å². The normalized spacial score (nSPS) is 16.0. The van der Waals surface area contributed by atoms with Crippen molar-refractivity contribution in [1.82, 2.24) is 0 Å². The molecule has 1 N–H and O–H groups in total. The number of rotatable bonds is 3. The third-order valence-electron chi connectivity index (χ3n) is 6.21. The van der Waals surface area contributed by atoms with Crippen LogP contribution in [0.15, 0.2) is 71.5 Å². The van der Waals surface area contributed by atoms with Gasteiger partial charge < -0.3 is 5.11 Å². The molecule has 0 saturated heterocycles. The highest BCUT2D eigenvalue weighted by Crippen LogP contribution is 2.37. The second kappa shape index (κ2) is 7.46. The molecule has 4 aromatic rings. The molecular weight excluding hydrogens is 392 g/mol. The summed E-state index contributed by atoms with van der Waals surface area (Å²) in [6.07, 6.45) is 4.73. The average Bonchev–Trinajstić information content (AvgIpc) is 2.79. The summed E-state index contributed by atoms with van der Waals surface area (Å²) < 4.78 is 1.74. The fourth-order valence-electron chi connectivity index (χ4n) is 4.55. The van der Waals surface area contributed by atoms with Crippen LogP contribution in [0, 0.1) is 0 Å². The van der Waals surface area contributed by atoms with Crippen LogP contribution < -0.4 is 5.43 Å². The van der Waals surface area contributed by atoms with Crippen LogP contribution in [0.2, 0.25) is 0 Å². The summed E-state index contributed by atoms with van der Waals surface area (Å²) in [5.41, 5.74) is 0.944. The summed E-state index contributed by atoms with van der Waals surface area (Å²) >= 11 is 1.53. The van der Waals surface area contributed by atoms with Gasteiger partial charge in [-0.2, -0.15) is 0 Å². The highest BCUT2D eigenvalue weighted by Gasteiger charge is 2.31. The Morgan fingerprint density at radius 2 is 1.53 bits per heavy atom. The van der Waals surface area contributed by atoms with E-state index in [-0.39, 0.29) is 11.2 Å². The van der Waals surface area contributed by atoms with E-state index in [0.29, 0.717) is 21.9 Å². The highest BCUT2D eigenvalue weighted by molar-refractivity contribution is 7.24. The van der Waals surface area contributed by atoms with Crippen LogP contribution in [-0.4, -0.2) is 10.9 Å². The Hall–Kier alpha value is -2.82. The molecule has 1 aliphatic carbocycles. The van der Waals surface area contributed by atoms with Gasteiger partial charge in [0.05, 0.1) is 11.0 Å². The average molecular weight is 415 g/mol. The lowest BCUT2D eigenvalue weighted by atomic mass is 9.79. The van der Waals surface area contributed by atoms with Crippen molar-refractivity contribution in [1.29, 1.82) is 0 Å². The number of aliphatic hydroxyl groups is 1. The first-order valence-corrected chi connectivity index (χ1v) is 11.2. The molecular formula is C26H22O3S. The number of hydrogen-bond acceptors (Lipinski definition) is 4. The van der Waals surface area contributed by atoms with Crippen molar-refractivity contribution in [3.8, 4) is 0 Å². The van der Waals surface area contributed by atoms with Gasteiger partial charge in [-0.25, -0.2) is 0 Å². The molecule has 5 rings (SSSR count). The van der Waals surface area contributed by atoms with Crippen LogP contribution in [0.5, 0.6) is 0 Å². The summed E-state index contributed by atoms with van der Waals surface area (Å²) in [7, 11) is 0. The molecule has 1 saturated carbocycles. The van der Waals surface area contributed by atoms with Crippen LogP contribution in [-0.2, 0) is 5.60 Å². The molecule has 30 heavy (non-hydrogen) atoms. The molecule has 3 nitrogen and oxygen atoms in total. The fraction of sp³-hybridized carbons (Fsp3) is 0.231. The SMILES string of the molecule is O=C(c1ccc(C2(O)CCCCC2)cc1)c1cccc2sc3ccccc3c(=O)c12. The fourth-order valence-corrected chi connectivity index (χ4v) is 5.65. The molecule has 4 heteroatoms. The number of hydrogen-bond donors (Lipinski definition) is 1. The van der Waals surface area contributed by atoms with Gasteiger partial charge in [0.25, 0.3) is 0 Å². The van der Waals surface area contributed by atoms with E-state index >= 15 is 0 Å². The second-order valence-corrected chi connectivity index (χ2v) is 9.19. The summed E-state index contributed by atoms with van der Waals surface area (Å²) in [5, 5.41) is 12.1. The van der Waals surface area contributed by atoms with Crippen molar-refractivity contribution in [3.63, 3.8) is 0 Å². The number of ketones is 1. The zero-order valence-electron chi connectivity index (χ0n) is 16.6. The van der Waals surface area contributed by atoms with Gasteiger partial charge in [-0.15, -0.1) is 11.3 Å². The van der Waals surface area contributed by atoms with Crippen molar-refractivity contribution in [2.24, 2.45) is 0 Å². The van der Waals surface area contributed by atoms with Crippen molar-refractivity contribution in [3.05, 3.63) is 93.6 Å². The molecule has 0 amide bonds. The Morgan fingerprint density at radius 3 is 2.30 bits per heavy atom. The summed E-state index contributed by atoms with van der Waals surface area (Å²) in [6.45, 7) is 0. The van der Waals surface area contributed by atoms with Crippen LogP contribution in [0.25, 0.3) is 20.2 Å². The Kier molecular flexibility index (Phi) is 4.76. The molecule has 0 atom stereocenters. The van der Waals surface area contributed by atoms with Gasteiger partial charge in [0.2, 0.25) is 0 Å². The molecule has 0 unspecified atom stereocenters. The third-order valence-corrected chi connectivity index (χ3v) is 7.35. The maximum Gasteiger partial charge on any atom is 0.196 e. The predicted molar refractivity (Wildman–Crippen MR) is 122 cm³/mol. The molecule has 0 radical (unpaired) electrons. The Balaban J connectivity index is 1.58. The smallest absolute Gasteiger partial charge is 0.196 e. The molecule has 1 fully saturated rings. The minimum atomic E-state index is -0.790. The number of carbonyl (C=O) groups excluding carboxylic acids is 1. The van der Waals surface area contributed by atoms with E-state index in [0.717, 1.165) is 47.1 Å². The van der Waals surface area contributed by atoms with Crippen molar-refractivity contribution < 1.29 is 9.90 Å². The van der Waals surface area contributed by atoms with Gasteiger partial charge in [0.1, 0.15) is 0 Å². The van der Waals surface area contributed by atoms with Gasteiger partial charge in [0.15, 0.2) is 11.2 Å². The van der Waals surface area contributed by atoms with E-state index in [2.05, 4.69) is 0 Å². The van der Waals surface area contributed by atoms with Gasteiger partial charge in [-0.1, -0.05) is 67.8 Å². The first kappa shape index (κ1) is 19.2. The molecule has 150 valence electrons. The minimum Gasteiger partial charge on any atom is -0.385 e. The first-order valence-electron chi connectivity index (χ1n) is 10.4. The maximum atomic E-state index is 13.3. The minimum absolute atomic E-state index is 0.101. The van der Waals surface area contributed by atoms with E-state index in [1.807, 2.05) is 48.5 Å². The molecule has 0 bridgehead atoms. The van der Waals surface area contributed by atoms with Crippen LogP contribution >= 0.6 is 11.3 Å². The van der Waals surface area contributed by atoms with Crippen LogP contribution in [0.4, 0.5) is 0 Å². The lowest BCUT2D eigenvalue weighted by molar-refractivity contribution is -0.000644. The van der Waals surface area contributed by atoms with Gasteiger partial charge in [-0.05, 0) is 36.6 Å². The van der Waals surface area contributed by atoms with Crippen molar-refractivity contribution in [2.45, 2.75) is 37.7 Å². The lowest BCUT2D eigenvalue weighted by Crippen LogP contribution is -2.28. The van der Waals surface area contributed by atoms with Crippen molar-refractivity contribution in [2.75, 3.05) is 0 Å². The molecule has 3 aromatic carbocycles. The van der Waals surface area contributed by atoms with E-state index < -0.39 is 5.60 Å². The molecule has 1 heterocycles. The Bertz CT molecular complexity index is 1310. The van der Waals surface area contributed by atoms with Crippen LogP contribution in [0.3, 0.4) is 0 Å². The lowest BCUT2D eigenvalue weighted by Gasteiger charge is -2.32. The summed E-state index contributed by atoms with van der Waals surface area (Å²) in [4.78, 5) is 26.5. The standard InChI is InChI=1S/C26H22O3S/c27-24(17-11-13-18(14-12-17)26(29)15-4-1-5-16-26)20-8-6-10-22-23(20)25(28)19-7-2-3-9-21(19)30-22/h2-3,6-14,29H,1,4-5,15-16H2. The topological polar surface area (TPSA) is 54.4 Å². The van der Waals surface area contributed by atoms with E-state index in [9.17, 15) is 14.7 Å². The monoisotopic (exact) mass is 414 g/mol. The third kappa shape index (κ3) is 3.17. The first-order chi connectivity index (χ1) is 14.6. The van der Waals surface area contributed by atoms with Crippen LogP contribution in [0.1, 0.15) is 53.6 Å². The van der Waals surface area contributed by atoms with Gasteiger partial charge in [0, 0.05) is 25.9 Å². The zero-order valence-corrected chi connectivity index (χ0v) is 17.4. The van der Waals surface area contributed by atoms with E-state index in [1.54, 1.807) is 18.2 Å². The highest BCUT2D eigenvalue weighted by atomic mass is 32.1. The molecule has 0 aliphatic heterocycles. The Morgan fingerprint density at radius 1 is 0.833 bits per heavy atom. The summed E-state index contributed by atoms with van der Waals surface area (Å²) in [5.74, 6) is -0.164. The zero-order chi connectivity index (χ0) is 20.7. The summed E-state index contributed by atoms with van der Waals surface area (Å²) in [6, 6.07) is 20.2. The quantitative estimate of drug-likeness (QED) is 0.341. The van der Waals surface area contributed by atoms with Gasteiger partial charge in [-0.3, -0.25) is 9.59 Å². The van der Waals surface area contributed by atoms with E-state index in [4.69, 9.17) is 0 Å². The second-order valence-electron chi connectivity index (χ2n) is 8.10. The number of benzene rings is 3. The molecule has 0 spiro atoms. The van der Waals surface area contributed by atoms with Crippen molar-refractivity contribution >= 4 is 37.3 Å². The Labute approximate surface area is 178 Å². The maximum absolute atomic E-state index is 13.3. The predicted octanol–water partition coefficient (Wildman–Crippen LogP) is 5.80. The molecule has 1 aromatic heterocycles. The number of fused-ring (bicyclic) bond motifs is 2. The molecule has 1 aliphatic rings. The number of carbonyl (C=O) groups is 1. The van der Waals surface area contributed by atoms with Gasteiger partial charge >= 0.3 is 0 Å². The largest absolute Gasteiger partial charge is 0.385 e.